The molecule has 2 aliphatic rings. The Morgan fingerprint density at radius 2 is 2.22 bits per heavy atom. The Labute approximate surface area is 112 Å². The van der Waals surface area contributed by atoms with E-state index in [1.54, 1.807) is 12.3 Å². The minimum atomic E-state index is 0.484. The molecule has 94 valence electrons. The van der Waals surface area contributed by atoms with Gasteiger partial charge in [-0.3, -0.25) is 0 Å². The average molecular weight is 263 g/mol. The van der Waals surface area contributed by atoms with E-state index in [2.05, 4.69) is 21.3 Å². The highest BCUT2D eigenvalue weighted by molar-refractivity contribution is 6.34. The lowest BCUT2D eigenvalue weighted by molar-refractivity contribution is 0.563. The van der Waals surface area contributed by atoms with Crippen molar-refractivity contribution in [3.05, 3.63) is 22.8 Å². The second kappa shape index (κ2) is 4.75. The van der Waals surface area contributed by atoms with E-state index in [1.807, 2.05) is 0 Å². The molecule has 1 N–H and O–H groups in total. The summed E-state index contributed by atoms with van der Waals surface area (Å²) < 4.78 is 0. The van der Waals surface area contributed by atoms with E-state index in [4.69, 9.17) is 16.9 Å². The predicted octanol–water partition coefficient (Wildman–Crippen LogP) is 1.94. The van der Waals surface area contributed by atoms with Gasteiger partial charge < -0.3 is 10.2 Å². The van der Waals surface area contributed by atoms with Crippen LogP contribution < -0.4 is 10.2 Å². The topological polar surface area (TPSA) is 52.0 Å². The standard InChI is InChI=1S/C13H15ClN4/c14-12-9(7-15)3-5-16-13(12)18-6-4-10-1-2-11(8-18)17-10/h3,5,10-11,17H,1-2,4,6,8H2. The lowest BCUT2D eigenvalue weighted by Crippen LogP contribution is -2.35. The summed E-state index contributed by atoms with van der Waals surface area (Å²) in [5.74, 6) is 0.755. The molecule has 5 heteroatoms. The number of anilines is 1. The molecule has 0 amide bonds. The van der Waals surface area contributed by atoms with Crippen LogP contribution in [-0.4, -0.2) is 30.2 Å². The summed E-state index contributed by atoms with van der Waals surface area (Å²) in [6.45, 7) is 1.88. The molecule has 0 radical (unpaired) electrons. The van der Waals surface area contributed by atoms with Gasteiger partial charge in [0.2, 0.25) is 0 Å². The third kappa shape index (κ3) is 2.05. The summed E-state index contributed by atoms with van der Waals surface area (Å²) in [5.41, 5.74) is 0.504. The number of nitrogens with one attached hydrogen (secondary N) is 1. The molecule has 0 aromatic carbocycles. The van der Waals surface area contributed by atoms with Gasteiger partial charge in [0.15, 0.2) is 0 Å². The number of halogens is 1. The van der Waals surface area contributed by atoms with Crippen molar-refractivity contribution in [2.75, 3.05) is 18.0 Å². The zero-order valence-corrected chi connectivity index (χ0v) is 10.8. The summed E-state index contributed by atoms with van der Waals surface area (Å²) in [5, 5.41) is 13.1. The van der Waals surface area contributed by atoms with E-state index in [0.29, 0.717) is 22.7 Å². The van der Waals surface area contributed by atoms with Gasteiger partial charge in [-0.15, -0.1) is 0 Å². The molecule has 18 heavy (non-hydrogen) atoms. The number of hydrogen-bond donors (Lipinski definition) is 1. The van der Waals surface area contributed by atoms with Crippen molar-refractivity contribution in [3.63, 3.8) is 0 Å². The first-order chi connectivity index (χ1) is 8.78. The number of rotatable bonds is 1. The van der Waals surface area contributed by atoms with Gasteiger partial charge in [0.05, 0.1) is 5.56 Å². The van der Waals surface area contributed by atoms with Gasteiger partial charge in [0, 0.05) is 31.4 Å². The third-order valence-corrected chi connectivity index (χ3v) is 4.19. The van der Waals surface area contributed by atoms with Crippen LogP contribution in [0.5, 0.6) is 0 Å². The van der Waals surface area contributed by atoms with Crippen LogP contribution in [-0.2, 0) is 0 Å². The average Bonchev–Trinajstić information content (AvgIpc) is 2.70. The molecule has 2 fully saturated rings. The smallest absolute Gasteiger partial charge is 0.148 e. The SMILES string of the molecule is N#Cc1ccnc(N2CCC3CCC(C2)N3)c1Cl. The Kier molecular flexibility index (Phi) is 3.11. The van der Waals surface area contributed by atoms with Gasteiger partial charge in [-0.05, 0) is 25.3 Å². The first-order valence-corrected chi connectivity index (χ1v) is 6.71. The molecule has 0 saturated carbocycles. The molecule has 3 heterocycles. The summed E-state index contributed by atoms with van der Waals surface area (Å²) in [6, 6.07) is 4.94. The van der Waals surface area contributed by atoms with Crippen LogP contribution in [0.1, 0.15) is 24.8 Å². The van der Waals surface area contributed by atoms with Crippen molar-refractivity contribution in [2.24, 2.45) is 0 Å². The molecule has 0 spiro atoms. The van der Waals surface area contributed by atoms with E-state index in [1.165, 1.54) is 12.8 Å². The second-order valence-electron chi connectivity index (χ2n) is 4.98. The molecular formula is C13H15ClN4. The number of hydrogen-bond acceptors (Lipinski definition) is 4. The van der Waals surface area contributed by atoms with Crippen LogP contribution in [0.4, 0.5) is 5.82 Å². The van der Waals surface area contributed by atoms with Gasteiger partial charge in [-0.25, -0.2) is 4.98 Å². The Hall–Kier alpha value is -1.31. The largest absolute Gasteiger partial charge is 0.354 e. The van der Waals surface area contributed by atoms with Crippen LogP contribution in [0.3, 0.4) is 0 Å². The van der Waals surface area contributed by atoms with Crippen molar-refractivity contribution in [1.29, 1.82) is 5.26 Å². The van der Waals surface area contributed by atoms with Crippen LogP contribution >= 0.6 is 11.6 Å². The number of pyridine rings is 1. The quantitative estimate of drug-likeness (QED) is 0.840. The van der Waals surface area contributed by atoms with Gasteiger partial charge >= 0.3 is 0 Å². The van der Waals surface area contributed by atoms with Crippen LogP contribution in [0.25, 0.3) is 0 Å². The maximum Gasteiger partial charge on any atom is 0.148 e. The Balaban J connectivity index is 1.89. The van der Waals surface area contributed by atoms with Crippen molar-refractivity contribution < 1.29 is 0 Å². The van der Waals surface area contributed by atoms with E-state index >= 15 is 0 Å². The normalized spacial score (nSPS) is 26.8. The monoisotopic (exact) mass is 262 g/mol. The summed E-state index contributed by atoms with van der Waals surface area (Å²) >= 11 is 6.25. The fourth-order valence-corrected chi connectivity index (χ4v) is 3.15. The van der Waals surface area contributed by atoms with Crippen LogP contribution in [0.15, 0.2) is 12.3 Å². The minimum absolute atomic E-state index is 0.484. The number of fused-ring (bicyclic) bond motifs is 2. The molecule has 2 bridgehead atoms. The van der Waals surface area contributed by atoms with Gasteiger partial charge in [-0.2, -0.15) is 5.26 Å². The minimum Gasteiger partial charge on any atom is -0.354 e. The highest BCUT2D eigenvalue weighted by atomic mass is 35.5. The van der Waals surface area contributed by atoms with Crippen molar-refractivity contribution in [3.8, 4) is 6.07 Å². The molecule has 2 aliphatic heterocycles. The fraction of sp³-hybridized carbons (Fsp3) is 0.538. The fourth-order valence-electron chi connectivity index (χ4n) is 2.87. The number of nitrogens with zero attached hydrogens (tertiary/aromatic N) is 3. The zero-order chi connectivity index (χ0) is 12.5. The van der Waals surface area contributed by atoms with E-state index in [0.717, 1.165) is 25.3 Å². The molecule has 1 aromatic heterocycles. The molecule has 4 nitrogen and oxygen atoms in total. The first-order valence-electron chi connectivity index (χ1n) is 6.33. The molecular weight excluding hydrogens is 248 g/mol. The molecule has 0 aliphatic carbocycles. The first kappa shape index (κ1) is 11.8. The Bertz CT molecular complexity index is 496. The molecule has 1 aromatic rings. The van der Waals surface area contributed by atoms with E-state index < -0.39 is 0 Å². The van der Waals surface area contributed by atoms with E-state index in [9.17, 15) is 0 Å². The van der Waals surface area contributed by atoms with Crippen LogP contribution in [0, 0.1) is 11.3 Å². The second-order valence-corrected chi connectivity index (χ2v) is 5.36. The lowest BCUT2D eigenvalue weighted by Gasteiger charge is -2.26. The predicted molar refractivity (Wildman–Crippen MR) is 70.7 cm³/mol. The van der Waals surface area contributed by atoms with Gasteiger partial charge in [0.25, 0.3) is 0 Å². The highest BCUT2D eigenvalue weighted by Crippen LogP contribution is 2.30. The van der Waals surface area contributed by atoms with E-state index in [-0.39, 0.29) is 0 Å². The zero-order valence-electron chi connectivity index (χ0n) is 10.1. The Morgan fingerprint density at radius 3 is 3.06 bits per heavy atom. The maximum absolute atomic E-state index is 9.01. The highest BCUT2D eigenvalue weighted by Gasteiger charge is 2.30. The molecule has 2 saturated heterocycles. The molecule has 2 atom stereocenters. The Morgan fingerprint density at radius 1 is 1.39 bits per heavy atom. The van der Waals surface area contributed by atoms with Crippen molar-refractivity contribution in [1.82, 2.24) is 10.3 Å². The summed E-state index contributed by atoms with van der Waals surface area (Å²) in [6.07, 6.45) is 5.27. The van der Waals surface area contributed by atoms with Gasteiger partial charge in [-0.1, -0.05) is 11.6 Å². The van der Waals surface area contributed by atoms with Crippen LogP contribution in [0.2, 0.25) is 5.02 Å². The van der Waals surface area contributed by atoms with Gasteiger partial charge in [0.1, 0.15) is 16.9 Å². The summed E-state index contributed by atoms with van der Waals surface area (Å²) in [4.78, 5) is 6.56. The van der Waals surface area contributed by atoms with Crippen molar-refractivity contribution in [2.45, 2.75) is 31.3 Å². The molecule has 2 unspecified atom stereocenters. The third-order valence-electron chi connectivity index (χ3n) is 3.81. The maximum atomic E-state index is 9.01. The van der Waals surface area contributed by atoms with Crippen molar-refractivity contribution >= 4 is 17.4 Å². The summed E-state index contributed by atoms with van der Waals surface area (Å²) in [7, 11) is 0. The number of nitriles is 1. The lowest BCUT2D eigenvalue weighted by atomic mass is 10.1. The number of aromatic nitrogens is 1. The molecule has 3 rings (SSSR count).